The van der Waals surface area contributed by atoms with Crippen LogP contribution in [0.5, 0.6) is 0 Å². The lowest BCUT2D eigenvalue weighted by Gasteiger charge is -2.03. The number of fused-ring (bicyclic) bond motifs is 2. The van der Waals surface area contributed by atoms with Gasteiger partial charge in [-0.2, -0.15) is 0 Å². The highest BCUT2D eigenvalue weighted by Crippen LogP contribution is 2.26. The highest BCUT2D eigenvalue weighted by Gasteiger charge is 2.13. The number of nitrogens with one attached hydrogen (secondary N) is 1. The topological polar surface area (TPSA) is 59.5 Å². The normalized spacial score (nSPS) is 11.3. The molecule has 1 N–H and O–H groups in total. The minimum Gasteiger partial charge on any atom is -0.464 e. The Morgan fingerprint density at radius 1 is 1.24 bits per heavy atom. The van der Waals surface area contributed by atoms with E-state index in [2.05, 4.69) is 23.3 Å². The molecule has 5 heteroatoms. The molecule has 3 heterocycles. The van der Waals surface area contributed by atoms with Crippen LogP contribution in [0.4, 0.5) is 0 Å². The van der Waals surface area contributed by atoms with Crippen LogP contribution in [0.25, 0.3) is 16.6 Å². The van der Waals surface area contributed by atoms with Crippen molar-refractivity contribution in [2.75, 3.05) is 0 Å². The Morgan fingerprint density at radius 3 is 2.96 bits per heavy atom. The summed E-state index contributed by atoms with van der Waals surface area (Å²) in [6.45, 7) is 4.50. The fourth-order valence-electron chi connectivity index (χ4n) is 3.02. The molecular formula is C20H19N3O2. The first-order valence-electron chi connectivity index (χ1n) is 8.27. The summed E-state index contributed by atoms with van der Waals surface area (Å²) < 4.78 is 7.61. The van der Waals surface area contributed by atoms with E-state index in [1.807, 2.05) is 48.0 Å². The minimum atomic E-state index is -0.0435. The molecule has 4 rings (SSSR count). The Morgan fingerprint density at radius 2 is 2.12 bits per heavy atom. The Labute approximate surface area is 145 Å². The first kappa shape index (κ1) is 15.4. The number of nitrogens with zero attached hydrogens (tertiary/aromatic N) is 2. The summed E-state index contributed by atoms with van der Waals surface area (Å²) in [4.78, 5) is 16.8. The zero-order chi connectivity index (χ0) is 17.4. The maximum absolute atomic E-state index is 12.3. The van der Waals surface area contributed by atoms with Gasteiger partial charge in [0.2, 0.25) is 5.91 Å². The Kier molecular flexibility index (Phi) is 3.76. The molecule has 0 unspecified atom stereocenters. The van der Waals surface area contributed by atoms with Crippen molar-refractivity contribution in [3.8, 4) is 0 Å². The van der Waals surface area contributed by atoms with Crippen molar-refractivity contribution in [3.05, 3.63) is 71.4 Å². The van der Waals surface area contributed by atoms with Crippen LogP contribution < -0.4 is 5.32 Å². The van der Waals surface area contributed by atoms with Crippen LogP contribution in [0, 0.1) is 13.8 Å². The van der Waals surface area contributed by atoms with Gasteiger partial charge in [-0.25, -0.2) is 4.98 Å². The number of pyridine rings is 1. The summed E-state index contributed by atoms with van der Waals surface area (Å²) >= 11 is 0. The third-order valence-electron chi connectivity index (χ3n) is 4.57. The second-order valence-corrected chi connectivity index (χ2v) is 6.30. The second kappa shape index (κ2) is 6.09. The summed E-state index contributed by atoms with van der Waals surface area (Å²) in [5.74, 6) is -0.0435. The maximum Gasteiger partial charge on any atom is 0.224 e. The molecule has 4 aromatic rings. The Hall–Kier alpha value is -3.08. The molecule has 3 aromatic heterocycles. The van der Waals surface area contributed by atoms with Crippen molar-refractivity contribution in [3.63, 3.8) is 0 Å². The average Bonchev–Trinajstić information content (AvgIpc) is 3.20. The SMILES string of the molecule is Cc1ccc2c(CC(=O)NCc3cn4ccccc4n3)coc2c1C. The summed E-state index contributed by atoms with van der Waals surface area (Å²) in [5.41, 5.74) is 5.79. The quantitative estimate of drug-likeness (QED) is 0.621. The van der Waals surface area contributed by atoms with Crippen LogP contribution in [-0.2, 0) is 17.8 Å². The monoisotopic (exact) mass is 333 g/mol. The van der Waals surface area contributed by atoms with E-state index in [1.165, 1.54) is 5.56 Å². The first-order valence-corrected chi connectivity index (χ1v) is 8.27. The number of imidazole rings is 1. The molecule has 0 spiro atoms. The molecule has 0 saturated heterocycles. The van der Waals surface area contributed by atoms with Crippen LogP contribution in [-0.4, -0.2) is 15.3 Å². The lowest BCUT2D eigenvalue weighted by atomic mass is 10.0. The van der Waals surface area contributed by atoms with E-state index in [4.69, 9.17) is 4.42 Å². The number of hydrogen-bond donors (Lipinski definition) is 1. The van der Waals surface area contributed by atoms with Gasteiger partial charge < -0.3 is 14.1 Å². The van der Waals surface area contributed by atoms with E-state index in [9.17, 15) is 4.79 Å². The fraction of sp³-hybridized carbons (Fsp3) is 0.200. The van der Waals surface area contributed by atoms with E-state index < -0.39 is 0 Å². The molecule has 1 aromatic carbocycles. The molecule has 0 aliphatic rings. The molecule has 25 heavy (non-hydrogen) atoms. The van der Waals surface area contributed by atoms with Crippen molar-refractivity contribution in [1.82, 2.24) is 14.7 Å². The number of furan rings is 1. The second-order valence-electron chi connectivity index (χ2n) is 6.30. The lowest BCUT2D eigenvalue weighted by Crippen LogP contribution is -2.24. The standard InChI is InChI=1S/C20H19N3O2/c1-13-6-7-17-15(12-25-20(17)14(13)2)9-19(24)21-10-16-11-23-8-4-3-5-18(23)22-16/h3-8,11-12H,9-10H2,1-2H3,(H,21,24). The Balaban J connectivity index is 1.46. The van der Waals surface area contributed by atoms with E-state index >= 15 is 0 Å². The average molecular weight is 333 g/mol. The molecule has 0 saturated carbocycles. The van der Waals surface area contributed by atoms with Gasteiger partial charge in [0.1, 0.15) is 11.2 Å². The summed E-state index contributed by atoms with van der Waals surface area (Å²) in [6, 6.07) is 9.91. The lowest BCUT2D eigenvalue weighted by molar-refractivity contribution is -0.120. The molecular weight excluding hydrogens is 314 g/mol. The van der Waals surface area contributed by atoms with Crippen LogP contribution >= 0.6 is 0 Å². The van der Waals surface area contributed by atoms with E-state index in [1.54, 1.807) is 6.26 Å². The van der Waals surface area contributed by atoms with Crippen molar-refractivity contribution in [2.24, 2.45) is 0 Å². The van der Waals surface area contributed by atoms with Gasteiger partial charge in [-0.3, -0.25) is 4.79 Å². The Bertz CT molecular complexity index is 1040. The first-order chi connectivity index (χ1) is 12.1. The largest absolute Gasteiger partial charge is 0.464 e. The highest BCUT2D eigenvalue weighted by atomic mass is 16.3. The van der Waals surface area contributed by atoms with E-state index in [0.717, 1.165) is 33.4 Å². The molecule has 0 fully saturated rings. The third-order valence-corrected chi connectivity index (χ3v) is 4.57. The summed E-state index contributed by atoms with van der Waals surface area (Å²) in [7, 11) is 0. The van der Waals surface area contributed by atoms with Gasteiger partial charge in [0.25, 0.3) is 0 Å². The van der Waals surface area contributed by atoms with Crippen molar-refractivity contribution < 1.29 is 9.21 Å². The maximum atomic E-state index is 12.3. The highest BCUT2D eigenvalue weighted by molar-refractivity contribution is 5.89. The van der Waals surface area contributed by atoms with E-state index in [-0.39, 0.29) is 5.91 Å². The summed E-state index contributed by atoms with van der Waals surface area (Å²) in [6.07, 6.45) is 5.84. The number of aromatic nitrogens is 2. The van der Waals surface area contributed by atoms with E-state index in [0.29, 0.717) is 13.0 Å². The van der Waals surface area contributed by atoms with Gasteiger partial charge >= 0.3 is 0 Å². The number of carbonyl (C=O) groups is 1. The van der Waals surface area contributed by atoms with Gasteiger partial charge in [-0.1, -0.05) is 18.2 Å². The predicted octanol–water partition coefficient (Wildman–Crippen LogP) is 3.56. The molecule has 5 nitrogen and oxygen atoms in total. The predicted molar refractivity (Wildman–Crippen MR) is 96.4 cm³/mol. The molecule has 0 radical (unpaired) electrons. The van der Waals surface area contributed by atoms with Gasteiger partial charge in [0.15, 0.2) is 0 Å². The number of hydrogen-bond acceptors (Lipinski definition) is 3. The zero-order valence-corrected chi connectivity index (χ0v) is 14.2. The molecule has 0 bridgehead atoms. The number of rotatable bonds is 4. The van der Waals surface area contributed by atoms with Crippen molar-refractivity contribution in [1.29, 1.82) is 0 Å². The van der Waals surface area contributed by atoms with Gasteiger partial charge in [0.05, 0.1) is 24.9 Å². The van der Waals surface area contributed by atoms with Gasteiger partial charge in [0, 0.05) is 23.3 Å². The van der Waals surface area contributed by atoms with Crippen molar-refractivity contribution >= 4 is 22.5 Å². The number of benzene rings is 1. The van der Waals surface area contributed by atoms with Crippen LogP contribution in [0.1, 0.15) is 22.4 Å². The number of amides is 1. The number of carbonyl (C=O) groups excluding carboxylic acids is 1. The van der Waals surface area contributed by atoms with Crippen LogP contribution in [0.3, 0.4) is 0 Å². The minimum absolute atomic E-state index is 0.0435. The van der Waals surface area contributed by atoms with Crippen LogP contribution in [0.2, 0.25) is 0 Å². The zero-order valence-electron chi connectivity index (χ0n) is 14.2. The summed E-state index contributed by atoms with van der Waals surface area (Å²) in [5, 5.41) is 3.94. The smallest absolute Gasteiger partial charge is 0.224 e. The van der Waals surface area contributed by atoms with Crippen molar-refractivity contribution in [2.45, 2.75) is 26.8 Å². The third kappa shape index (κ3) is 2.89. The molecule has 126 valence electrons. The van der Waals surface area contributed by atoms with Gasteiger partial charge in [-0.05, 0) is 37.1 Å². The van der Waals surface area contributed by atoms with Crippen LogP contribution in [0.15, 0.2) is 53.4 Å². The molecule has 0 aliphatic carbocycles. The fourth-order valence-corrected chi connectivity index (χ4v) is 3.02. The number of aryl methyl sites for hydroxylation is 2. The molecule has 0 atom stereocenters. The molecule has 1 amide bonds. The molecule has 0 aliphatic heterocycles. The van der Waals surface area contributed by atoms with Gasteiger partial charge in [-0.15, -0.1) is 0 Å².